The van der Waals surface area contributed by atoms with Crippen molar-refractivity contribution in [3.63, 3.8) is 0 Å². The maximum absolute atomic E-state index is 12.3. The second kappa shape index (κ2) is 7.50. The Morgan fingerprint density at radius 2 is 1.85 bits per heavy atom. The van der Waals surface area contributed by atoms with E-state index < -0.39 is 0 Å². The Labute approximate surface area is 157 Å². The number of Topliss-reactive ketones (excluding diaryl/α,β-unsaturated/α-hetero) is 1. The highest BCUT2D eigenvalue weighted by Gasteiger charge is 2.08. The van der Waals surface area contributed by atoms with Gasteiger partial charge in [0.25, 0.3) is 0 Å². The van der Waals surface area contributed by atoms with Crippen LogP contribution in [0.2, 0.25) is 0 Å². The standard InChI is InChI=1S/C22H20N4O/c1-26-15-19(13-25-26)18-9-17-10-20(23-14-22(17)24-12-18)11-21(27)8-7-16-5-3-2-4-6-16/h2-6,9-10,12-15H,7-8,11H2,1H3. The summed E-state index contributed by atoms with van der Waals surface area (Å²) in [6.45, 7) is 0. The first kappa shape index (κ1) is 17.1. The molecule has 3 heterocycles. The van der Waals surface area contributed by atoms with Crippen LogP contribution in [0.25, 0.3) is 22.0 Å². The van der Waals surface area contributed by atoms with Crippen molar-refractivity contribution in [2.24, 2.45) is 7.05 Å². The molecule has 0 aliphatic rings. The van der Waals surface area contributed by atoms with Gasteiger partial charge in [-0.3, -0.25) is 19.4 Å². The molecule has 0 saturated heterocycles. The molecule has 4 rings (SSSR count). The van der Waals surface area contributed by atoms with Gasteiger partial charge in [0.15, 0.2) is 0 Å². The van der Waals surface area contributed by atoms with Crippen molar-refractivity contribution in [2.45, 2.75) is 19.3 Å². The lowest BCUT2D eigenvalue weighted by molar-refractivity contribution is -0.118. The maximum Gasteiger partial charge on any atom is 0.139 e. The lowest BCUT2D eigenvalue weighted by Gasteiger charge is -2.05. The van der Waals surface area contributed by atoms with E-state index in [9.17, 15) is 4.79 Å². The smallest absolute Gasteiger partial charge is 0.139 e. The highest BCUT2D eigenvalue weighted by Crippen LogP contribution is 2.22. The number of rotatable bonds is 6. The molecule has 0 spiro atoms. The van der Waals surface area contributed by atoms with E-state index in [-0.39, 0.29) is 5.78 Å². The summed E-state index contributed by atoms with van der Waals surface area (Å²) in [5.41, 5.74) is 4.81. The summed E-state index contributed by atoms with van der Waals surface area (Å²) in [5, 5.41) is 5.19. The zero-order chi connectivity index (χ0) is 18.6. The predicted molar refractivity (Wildman–Crippen MR) is 105 cm³/mol. The average molecular weight is 356 g/mol. The number of ketones is 1. The maximum atomic E-state index is 12.3. The van der Waals surface area contributed by atoms with Crippen LogP contribution in [0.4, 0.5) is 0 Å². The molecular weight excluding hydrogens is 336 g/mol. The summed E-state index contributed by atoms with van der Waals surface area (Å²) in [7, 11) is 1.89. The molecule has 0 fully saturated rings. The average Bonchev–Trinajstić information content (AvgIpc) is 3.13. The Bertz CT molecular complexity index is 1090. The van der Waals surface area contributed by atoms with Gasteiger partial charge in [-0.1, -0.05) is 30.3 Å². The summed E-state index contributed by atoms with van der Waals surface area (Å²) in [6.07, 6.45) is 8.97. The number of aromatic nitrogens is 4. The Hall–Kier alpha value is -3.34. The highest BCUT2D eigenvalue weighted by molar-refractivity contribution is 5.85. The van der Waals surface area contributed by atoms with Gasteiger partial charge >= 0.3 is 0 Å². The zero-order valence-corrected chi connectivity index (χ0v) is 15.2. The van der Waals surface area contributed by atoms with Crippen LogP contribution in [0.15, 0.2) is 67.3 Å². The van der Waals surface area contributed by atoms with E-state index in [2.05, 4.69) is 21.1 Å². The van der Waals surface area contributed by atoms with Crippen LogP contribution < -0.4 is 0 Å². The topological polar surface area (TPSA) is 60.7 Å². The first-order valence-corrected chi connectivity index (χ1v) is 8.97. The molecule has 0 unspecified atom stereocenters. The largest absolute Gasteiger partial charge is 0.299 e. The quantitative estimate of drug-likeness (QED) is 0.527. The van der Waals surface area contributed by atoms with Crippen LogP contribution in [-0.4, -0.2) is 25.5 Å². The Balaban J connectivity index is 1.49. The van der Waals surface area contributed by atoms with Crippen molar-refractivity contribution in [3.05, 3.63) is 78.5 Å². The van der Waals surface area contributed by atoms with E-state index in [4.69, 9.17) is 0 Å². The van der Waals surface area contributed by atoms with E-state index >= 15 is 0 Å². The SMILES string of the molecule is Cn1cc(-c2cnc3cnc(CC(=O)CCc4ccccc4)cc3c2)cn1. The molecule has 134 valence electrons. The molecule has 0 atom stereocenters. The minimum atomic E-state index is 0.196. The van der Waals surface area contributed by atoms with Gasteiger partial charge in [-0.25, -0.2) is 0 Å². The molecule has 0 aliphatic carbocycles. The fraction of sp³-hybridized carbons (Fsp3) is 0.182. The predicted octanol–water partition coefficient (Wildman–Crippen LogP) is 3.77. The lowest BCUT2D eigenvalue weighted by Crippen LogP contribution is -2.06. The summed E-state index contributed by atoms with van der Waals surface area (Å²) in [6, 6.07) is 14.1. The minimum absolute atomic E-state index is 0.196. The van der Waals surface area contributed by atoms with Crippen molar-refractivity contribution in [2.75, 3.05) is 0 Å². The highest BCUT2D eigenvalue weighted by atomic mass is 16.1. The third kappa shape index (κ3) is 4.08. The second-order valence-corrected chi connectivity index (χ2v) is 6.70. The molecular formula is C22H20N4O. The Morgan fingerprint density at radius 3 is 2.63 bits per heavy atom. The number of nitrogens with zero attached hydrogens (tertiary/aromatic N) is 4. The molecule has 0 saturated carbocycles. The van der Waals surface area contributed by atoms with E-state index in [1.807, 2.05) is 62.0 Å². The van der Waals surface area contributed by atoms with Crippen LogP contribution in [-0.2, 0) is 24.7 Å². The van der Waals surface area contributed by atoms with Crippen molar-refractivity contribution in [1.29, 1.82) is 0 Å². The monoisotopic (exact) mass is 356 g/mol. The van der Waals surface area contributed by atoms with E-state index in [0.29, 0.717) is 12.8 Å². The van der Waals surface area contributed by atoms with Crippen LogP contribution in [0, 0.1) is 0 Å². The summed E-state index contributed by atoms with van der Waals surface area (Å²) >= 11 is 0. The van der Waals surface area contributed by atoms with E-state index in [1.165, 1.54) is 5.56 Å². The van der Waals surface area contributed by atoms with Gasteiger partial charge in [-0.2, -0.15) is 5.10 Å². The normalized spacial score (nSPS) is 11.0. The van der Waals surface area contributed by atoms with Gasteiger partial charge in [0.05, 0.1) is 17.9 Å². The molecule has 0 radical (unpaired) electrons. The Kier molecular flexibility index (Phi) is 4.75. The summed E-state index contributed by atoms with van der Waals surface area (Å²) in [4.78, 5) is 21.2. The van der Waals surface area contributed by atoms with Gasteiger partial charge < -0.3 is 0 Å². The van der Waals surface area contributed by atoms with Crippen molar-refractivity contribution in [3.8, 4) is 11.1 Å². The summed E-state index contributed by atoms with van der Waals surface area (Å²) in [5.74, 6) is 0.196. The van der Waals surface area contributed by atoms with Gasteiger partial charge in [-0.15, -0.1) is 0 Å². The minimum Gasteiger partial charge on any atom is -0.299 e. The van der Waals surface area contributed by atoms with Gasteiger partial charge in [0, 0.05) is 54.5 Å². The first-order valence-electron chi connectivity index (χ1n) is 8.97. The van der Waals surface area contributed by atoms with Gasteiger partial charge in [0.1, 0.15) is 5.78 Å². The third-order valence-corrected chi connectivity index (χ3v) is 4.58. The molecule has 0 amide bonds. The number of pyridine rings is 2. The van der Waals surface area contributed by atoms with E-state index in [1.54, 1.807) is 10.9 Å². The third-order valence-electron chi connectivity index (χ3n) is 4.58. The molecule has 3 aromatic heterocycles. The van der Waals surface area contributed by atoms with Crippen molar-refractivity contribution < 1.29 is 4.79 Å². The molecule has 5 nitrogen and oxygen atoms in total. The second-order valence-electron chi connectivity index (χ2n) is 6.70. The molecule has 0 N–H and O–H groups in total. The number of hydrogen-bond donors (Lipinski definition) is 0. The van der Waals surface area contributed by atoms with Crippen molar-refractivity contribution >= 4 is 16.7 Å². The fourth-order valence-corrected chi connectivity index (χ4v) is 3.12. The molecule has 5 heteroatoms. The van der Waals surface area contributed by atoms with Crippen molar-refractivity contribution in [1.82, 2.24) is 19.7 Å². The first-order chi connectivity index (χ1) is 13.2. The number of hydrogen-bond acceptors (Lipinski definition) is 4. The zero-order valence-electron chi connectivity index (χ0n) is 15.2. The van der Waals surface area contributed by atoms with Crippen LogP contribution in [0.1, 0.15) is 17.7 Å². The van der Waals surface area contributed by atoms with E-state index in [0.717, 1.165) is 34.1 Å². The fourth-order valence-electron chi connectivity index (χ4n) is 3.12. The van der Waals surface area contributed by atoms with Crippen LogP contribution in [0.5, 0.6) is 0 Å². The molecule has 4 aromatic rings. The summed E-state index contributed by atoms with van der Waals surface area (Å²) < 4.78 is 1.77. The molecule has 1 aromatic carbocycles. The van der Waals surface area contributed by atoms with Gasteiger partial charge in [-0.05, 0) is 24.1 Å². The lowest BCUT2D eigenvalue weighted by atomic mass is 10.0. The number of carbonyl (C=O) groups is 1. The number of aryl methyl sites for hydroxylation is 2. The van der Waals surface area contributed by atoms with Crippen LogP contribution in [0.3, 0.4) is 0 Å². The van der Waals surface area contributed by atoms with Gasteiger partial charge in [0.2, 0.25) is 0 Å². The molecule has 27 heavy (non-hydrogen) atoms. The van der Waals surface area contributed by atoms with Crippen LogP contribution >= 0.6 is 0 Å². The number of carbonyl (C=O) groups excluding carboxylic acids is 1. The Morgan fingerprint density at radius 1 is 1.00 bits per heavy atom. The number of fused-ring (bicyclic) bond motifs is 1. The molecule has 0 bridgehead atoms. The molecule has 0 aliphatic heterocycles. The number of benzene rings is 1.